The van der Waals surface area contributed by atoms with Gasteiger partial charge in [0.05, 0.1) is 27.8 Å². The SMILES string of the molecule is Nc1cc(C(O)CCC(O)c2cc([N+](=O)[O-])c(Cl)cc2F)c(F)cc1Cl. The van der Waals surface area contributed by atoms with Gasteiger partial charge in [-0.05, 0) is 31.0 Å². The fourth-order valence-electron chi connectivity index (χ4n) is 2.41. The van der Waals surface area contributed by atoms with E-state index in [-0.39, 0.29) is 34.7 Å². The second-order valence-electron chi connectivity index (χ2n) is 5.59. The Kier molecular flexibility index (Phi) is 6.35. The Morgan fingerprint density at radius 3 is 1.96 bits per heavy atom. The lowest BCUT2D eigenvalue weighted by atomic mass is 9.98. The van der Waals surface area contributed by atoms with Gasteiger partial charge in [0.15, 0.2) is 0 Å². The molecule has 0 fully saturated rings. The first-order chi connectivity index (χ1) is 12.1. The number of nitro benzene ring substituents is 1. The normalized spacial score (nSPS) is 13.5. The standard InChI is InChI=1S/C16H14Cl2F2N2O4/c17-9-5-11(19)7(3-13(9)21)15(23)1-2-16(24)8-4-14(22(25)26)10(18)6-12(8)20/h3-6,15-16,23-24H,1-2,21H2. The van der Waals surface area contributed by atoms with Crippen molar-refractivity contribution in [3.8, 4) is 0 Å². The second kappa shape index (κ2) is 8.13. The van der Waals surface area contributed by atoms with Gasteiger partial charge in [0, 0.05) is 17.2 Å². The van der Waals surface area contributed by atoms with Crippen LogP contribution in [0.15, 0.2) is 24.3 Å². The first-order valence-electron chi connectivity index (χ1n) is 7.35. The molecule has 0 saturated heterocycles. The summed E-state index contributed by atoms with van der Waals surface area (Å²) in [5.74, 6) is -1.70. The minimum Gasteiger partial charge on any atom is -0.398 e. The van der Waals surface area contributed by atoms with Crippen molar-refractivity contribution < 1.29 is 23.9 Å². The van der Waals surface area contributed by atoms with Crippen LogP contribution in [0.3, 0.4) is 0 Å². The molecule has 4 N–H and O–H groups in total. The number of nitrogens with two attached hydrogens (primary N) is 1. The molecule has 2 rings (SSSR count). The summed E-state index contributed by atoms with van der Waals surface area (Å²) >= 11 is 11.3. The summed E-state index contributed by atoms with van der Waals surface area (Å²) in [4.78, 5) is 10.1. The largest absolute Gasteiger partial charge is 0.398 e. The van der Waals surface area contributed by atoms with Gasteiger partial charge >= 0.3 is 0 Å². The Labute approximate surface area is 156 Å². The number of halogens is 4. The Hall–Kier alpha value is -2.00. The summed E-state index contributed by atoms with van der Waals surface area (Å²) in [6.45, 7) is 0. The molecular formula is C16H14Cl2F2N2O4. The van der Waals surface area contributed by atoms with Gasteiger partial charge in [0.2, 0.25) is 0 Å². The van der Waals surface area contributed by atoms with Crippen LogP contribution in [0.2, 0.25) is 10.0 Å². The number of anilines is 1. The van der Waals surface area contributed by atoms with Gasteiger partial charge in [-0.15, -0.1) is 0 Å². The van der Waals surface area contributed by atoms with Gasteiger partial charge in [-0.2, -0.15) is 0 Å². The maximum atomic E-state index is 13.9. The number of benzene rings is 2. The van der Waals surface area contributed by atoms with Gasteiger partial charge in [-0.3, -0.25) is 10.1 Å². The average Bonchev–Trinajstić information content (AvgIpc) is 2.55. The van der Waals surface area contributed by atoms with Crippen molar-refractivity contribution in [2.24, 2.45) is 0 Å². The highest BCUT2D eigenvalue weighted by molar-refractivity contribution is 6.33. The van der Waals surface area contributed by atoms with Crippen molar-refractivity contribution in [2.75, 3.05) is 5.73 Å². The third kappa shape index (κ3) is 4.39. The second-order valence-corrected chi connectivity index (χ2v) is 6.40. The van der Waals surface area contributed by atoms with Crippen molar-refractivity contribution in [2.45, 2.75) is 25.0 Å². The van der Waals surface area contributed by atoms with Crippen LogP contribution in [0.25, 0.3) is 0 Å². The molecule has 2 atom stereocenters. The van der Waals surface area contributed by atoms with Crippen LogP contribution in [-0.4, -0.2) is 15.1 Å². The lowest BCUT2D eigenvalue weighted by Crippen LogP contribution is -2.07. The van der Waals surface area contributed by atoms with Gasteiger partial charge in [0.1, 0.15) is 16.7 Å². The van der Waals surface area contributed by atoms with Crippen LogP contribution < -0.4 is 5.73 Å². The van der Waals surface area contributed by atoms with Crippen molar-refractivity contribution in [1.29, 1.82) is 0 Å². The number of hydrogen-bond donors (Lipinski definition) is 3. The predicted molar refractivity (Wildman–Crippen MR) is 93.0 cm³/mol. The highest BCUT2D eigenvalue weighted by atomic mass is 35.5. The first-order valence-corrected chi connectivity index (χ1v) is 8.11. The maximum absolute atomic E-state index is 13.9. The molecule has 26 heavy (non-hydrogen) atoms. The fourth-order valence-corrected chi connectivity index (χ4v) is 2.78. The Balaban J connectivity index is 2.16. The quantitative estimate of drug-likeness (QED) is 0.376. The van der Waals surface area contributed by atoms with E-state index in [0.29, 0.717) is 0 Å². The van der Waals surface area contributed by atoms with Gasteiger partial charge in [-0.1, -0.05) is 23.2 Å². The molecule has 0 spiro atoms. The molecule has 0 aliphatic carbocycles. The molecule has 0 aliphatic rings. The van der Waals surface area contributed by atoms with E-state index < -0.39 is 39.5 Å². The van der Waals surface area contributed by atoms with Gasteiger partial charge in [-0.25, -0.2) is 8.78 Å². The van der Waals surface area contributed by atoms with Crippen molar-refractivity contribution >= 4 is 34.6 Å². The first kappa shape index (κ1) is 20.3. The number of aliphatic hydroxyl groups excluding tert-OH is 2. The van der Waals surface area contributed by atoms with E-state index in [4.69, 9.17) is 28.9 Å². The van der Waals surface area contributed by atoms with Crippen LogP contribution in [-0.2, 0) is 0 Å². The monoisotopic (exact) mass is 406 g/mol. The lowest BCUT2D eigenvalue weighted by Gasteiger charge is -2.17. The number of nitro groups is 1. The third-order valence-corrected chi connectivity index (χ3v) is 4.44. The molecule has 2 aromatic rings. The van der Waals surface area contributed by atoms with E-state index in [1.54, 1.807) is 0 Å². The smallest absolute Gasteiger partial charge is 0.288 e. The number of nitrogens with zero attached hydrogens (tertiary/aromatic N) is 1. The summed E-state index contributed by atoms with van der Waals surface area (Å²) in [7, 11) is 0. The van der Waals surface area contributed by atoms with E-state index in [1.165, 1.54) is 6.07 Å². The number of nitrogen functional groups attached to an aromatic ring is 1. The molecule has 0 saturated carbocycles. The molecule has 140 valence electrons. The maximum Gasteiger partial charge on any atom is 0.288 e. The summed E-state index contributed by atoms with van der Waals surface area (Å²) < 4.78 is 27.8. The predicted octanol–water partition coefficient (Wildman–Crippen LogP) is 4.31. The average molecular weight is 407 g/mol. The van der Waals surface area contributed by atoms with E-state index in [9.17, 15) is 29.1 Å². The van der Waals surface area contributed by atoms with E-state index >= 15 is 0 Å². The minimum absolute atomic E-state index is 0.00553. The highest BCUT2D eigenvalue weighted by Gasteiger charge is 2.23. The molecule has 0 aliphatic heterocycles. The molecule has 0 heterocycles. The molecule has 2 aromatic carbocycles. The van der Waals surface area contributed by atoms with E-state index in [1.807, 2.05) is 0 Å². The molecular weight excluding hydrogens is 393 g/mol. The number of aliphatic hydroxyl groups is 2. The molecule has 10 heteroatoms. The highest BCUT2D eigenvalue weighted by Crippen LogP contribution is 2.34. The van der Waals surface area contributed by atoms with Crippen molar-refractivity contribution in [3.05, 3.63) is 67.2 Å². The van der Waals surface area contributed by atoms with Crippen molar-refractivity contribution in [3.63, 3.8) is 0 Å². The molecule has 0 amide bonds. The molecule has 0 radical (unpaired) electrons. The summed E-state index contributed by atoms with van der Waals surface area (Å²) in [5.41, 5.74) is 4.62. The molecule has 0 aromatic heterocycles. The Morgan fingerprint density at radius 1 is 1.00 bits per heavy atom. The third-order valence-electron chi connectivity index (χ3n) is 3.81. The van der Waals surface area contributed by atoms with Gasteiger partial charge in [0.25, 0.3) is 5.69 Å². The van der Waals surface area contributed by atoms with Crippen LogP contribution in [0.4, 0.5) is 20.2 Å². The van der Waals surface area contributed by atoms with Crippen LogP contribution >= 0.6 is 23.2 Å². The molecule has 2 unspecified atom stereocenters. The zero-order valence-electron chi connectivity index (χ0n) is 13.1. The molecule has 0 bridgehead atoms. The topological polar surface area (TPSA) is 110 Å². The number of rotatable bonds is 6. The summed E-state index contributed by atoms with van der Waals surface area (Å²) in [6, 6.07) is 3.68. The lowest BCUT2D eigenvalue weighted by molar-refractivity contribution is -0.384. The Morgan fingerprint density at radius 2 is 1.46 bits per heavy atom. The number of hydrogen-bond acceptors (Lipinski definition) is 5. The zero-order chi connectivity index (χ0) is 19.6. The van der Waals surface area contributed by atoms with Crippen molar-refractivity contribution in [1.82, 2.24) is 0 Å². The Bertz CT molecular complexity index is 851. The summed E-state index contributed by atoms with van der Waals surface area (Å²) in [6.07, 6.45) is -3.16. The molecule has 6 nitrogen and oxygen atoms in total. The fraction of sp³-hybridized carbons (Fsp3) is 0.250. The van der Waals surface area contributed by atoms with Gasteiger partial charge < -0.3 is 15.9 Å². The van der Waals surface area contributed by atoms with Crippen LogP contribution in [0, 0.1) is 21.7 Å². The summed E-state index contributed by atoms with van der Waals surface area (Å²) in [5, 5.41) is 30.7. The zero-order valence-corrected chi connectivity index (χ0v) is 14.6. The van der Waals surface area contributed by atoms with E-state index in [0.717, 1.165) is 18.2 Å². The minimum atomic E-state index is -1.46. The van der Waals surface area contributed by atoms with Crippen LogP contribution in [0.1, 0.15) is 36.2 Å². The van der Waals surface area contributed by atoms with E-state index in [2.05, 4.69) is 0 Å². The van der Waals surface area contributed by atoms with Crippen LogP contribution in [0.5, 0.6) is 0 Å².